The van der Waals surface area contributed by atoms with Gasteiger partial charge in [-0.2, -0.15) is 0 Å². The van der Waals surface area contributed by atoms with Crippen molar-refractivity contribution < 1.29 is 24.2 Å². The second-order valence-corrected chi connectivity index (χ2v) is 6.06. The molecule has 3 rings (SSSR count). The van der Waals surface area contributed by atoms with E-state index in [-0.39, 0.29) is 6.61 Å². The molecule has 4 N–H and O–H groups in total. The maximum Gasteiger partial charge on any atom is 0.408 e. The van der Waals surface area contributed by atoms with E-state index in [0.29, 0.717) is 0 Å². The molecule has 0 spiro atoms. The lowest BCUT2D eigenvalue weighted by Crippen LogP contribution is -2.43. The minimum Gasteiger partial charge on any atom is -0.480 e. The first kappa shape index (κ1) is 17.5. The lowest BCUT2D eigenvalue weighted by atomic mass is 10.0. The van der Waals surface area contributed by atoms with Crippen molar-refractivity contribution in [2.75, 3.05) is 0 Å². The molecule has 2 amide bonds. The summed E-state index contributed by atoms with van der Waals surface area (Å²) in [5.74, 6) is -2.17. The van der Waals surface area contributed by atoms with Gasteiger partial charge in [0.05, 0.1) is 6.42 Å². The predicted molar refractivity (Wildman–Crippen MR) is 93.2 cm³/mol. The van der Waals surface area contributed by atoms with Crippen molar-refractivity contribution in [1.82, 2.24) is 5.32 Å². The van der Waals surface area contributed by atoms with Crippen LogP contribution in [0.2, 0.25) is 0 Å². The fourth-order valence-corrected chi connectivity index (χ4v) is 3.09. The van der Waals surface area contributed by atoms with Crippen LogP contribution in [0, 0.1) is 0 Å². The summed E-state index contributed by atoms with van der Waals surface area (Å²) >= 11 is 0. The molecule has 0 unspecified atom stereocenters. The van der Waals surface area contributed by atoms with Gasteiger partial charge >= 0.3 is 12.1 Å². The van der Waals surface area contributed by atoms with Gasteiger partial charge in [0.2, 0.25) is 5.91 Å². The Bertz CT molecular complexity index is 878. The number of aliphatic carboxylic acids is 1. The van der Waals surface area contributed by atoms with E-state index in [4.69, 9.17) is 15.6 Å². The highest BCUT2D eigenvalue weighted by Crippen LogP contribution is 2.38. The number of carboxylic acid groups (broad SMARTS) is 1. The van der Waals surface area contributed by atoms with E-state index in [2.05, 4.69) is 17.4 Å². The summed E-state index contributed by atoms with van der Waals surface area (Å²) in [5.41, 5.74) is 10.4. The summed E-state index contributed by atoms with van der Waals surface area (Å²) in [6.45, 7) is 0.00586. The average molecular weight is 354 g/mol. The summed E-state index contributed by atoms with van der Waals surface area (Å²) < 4.78 is 5.15. The number of carboxylic acids is 1. The fourth-order valence-electron chi connectivity index (χ4n) is 3.09. The van der Waals surface area contributed by atoms with E-state index < -0.39 is 30.4 Å². The number of ether oxygens (including phenoxy) is 1. The number of rotatable bonds is 6. The third-order valence-electron chi connectivity index (χ3n) is 4.30. The Morgan fingerprint density at radius 3 is 2.58 bits per heavy atom. The zero-order valence-corrected chi connectivity index (χ0v) is 13.9. The molecule has 0 aromatic heterocycles. The van der Waals surface area contributed by atoms with Crippen LogP contribution >= 0.6 is 0 Å². The van der Waals surface area contributed by atoms with Crippen LogP contribution in [0.25, 0.3) is 11.1 Å². The molecule has 1 aliphatic carbocycles. The Hall–Kier alpha value is -3.35. The first-order valence-electron chi connectivity index (χ1n) is 8.09. The van der Waals surface area contributed by atoms with Crippen LogP contribution in [-0.2, 0) is 27.4 Å². The van der Waals surface area contributed by atoms with Gasteiger partial charge < -0.3 is 20.9 Å². The maximum absolute atomic E-state index is 11.9. The van der Waals surface area contributed by atoms with Crippen LogP contribution in [0.15, 0.2) is 42.5 Å². The van der Waals surface area contributed by atoms with Crippen molar-refractivity contribution in [1.29, 1.82) is 0 Å². The monoisotopic (exact) mass is 354 g/mol. The van der Waals surface area contributed by atoms with E-state index in [9.17, 15) is 14.4 Å². The molecule has 2 aromatic rings. The van der Waals surface area contributed by atoms with Crippen molar-refractivity contribution >= 4 is 18.0 Å². The zero-order valence-electron chi connectivity index (χ0n) is 13.9. The maximum atomic E-state index is 11.9. The Kier molecular flexibility index (Phi) is 4.88. The number of nitrogens with one attached hydrogen (secondary N) is 1. The number of carbonyl (C=O) groups is 3. The van der Waals surface area contributed by atoms with Crippen molar-refractivity contribution in [2.45, 2.75) is 25.5 Å². The Balaban J connectivity index is 1.67. The molecule has 1 atom stereocenters. The molecular formula is C19H18N2O5. The molecule has 0 radical (unpaired) electrons. The molecule has 134 valence electrons. The summed E-state index contributed by atoms with van der Waals surface area (Å²) in [5, 5.41) is 11.1. The number of carbonyl (C=O) groups excluding carboxylic acids is 2. The first-order chi connectivity index (χ1) is 12.5. The SMILES string of the molecule is NC(=O)C[C@H](NC(=O)OCc1cccc2c1Cc1ccccc1-2)C(=O)O. The van der Waals surface area contributed by atoms with Crippen LogP contribution in [0.5, 0.6) is 0 Å². The molecule has 26 heavy (non-hydrogen) atoms. The molecule has 0 saturated carbocycles. The van der Waals surface area contributed by atoms with Crippen LogP contribution in [0.1, 0.15) is 23.1 Å². The van der Waals surface area contributed by atoms with Crippen LogP contribution in [-0.4, -0.2) is 29.1 Å². The topological polar surface area (TPSA) is 119 Å². The van der Waals surface area contributed by atoms with Gasteiger partial charge in [0.25, 0.3) is 0 Å². The van der Waals surface area contributed by atoms with E-state index in [1.807, 2.05) is 30.3 Å². The van der Waals surface area contributed by atoms with Crippen molar-refractivity contribution in [3.63, 3.8) is 0 Å². The second-order valence-electron chi connectivity index (χ2n) is 6.06. The van der Waals surface area contributed by atoms with Gasteiger partial charge in [0.1, 0.15) is 12.6 Å². The molecule has 1 aliphatic rings. The van der Waals surface area contributed by atoms with Gasteiger partial charge in [-0.05, 0) is 34.2 Å². The molecular weight excluding hydrogens is 336 g/mol. The van der Waals surface area contributed by atoms with E-state index >= 15 is 0 Å². The lowest BCUT2D eigenvalue weighted by Gasteiger charge is -2.14. The smallest absolute Gasteiger partial charge is 0.408 e. The molecule has 0 heterocycles. The summed E-state index contributed by atoms with van der Waals surface area (Å²) in [4.78, 5) is 33.8. The molecule has 7 nitrogen and oxygen atoms in total. The zero-order chi connectivity index (χ0) is 18.7. The third-order valence-corrected chi connectivity index (χ3v) is 4.30. The van der Waals surface area contributed by atoms with Crippen molar-refractivity contribution in [2.24, 2.45) is 5.73 Å². The number of primary amides is 1. The highest BCUT2D eigenvalue weighted by molar-refractivity contribution is 5.86. The normalized spacial score (nSPS) is 12.6. The minimum atomic E-state index is -1.41. The number of alkyl carbamates (subject to hydrolysis) is 1. The van der Waals surface area contributed by atoms with Gasteiger partial charge in [-0.3, -0.25) is 4.79 Å². The van der Waals surface area contributed by atoms with E-state index in [1.165, 1.54) is 11.1 Å². The Morgan fingerprint density at radius 1 is 1.12 bits per heavy atom. The summed E-state index contributed by atoms with van der Waals surface area (Å²) in [6, 6.07) is 12.5. The fraction of sp³-hybridized carbons (Fsp3) is 0.211. The highest BCUT2D eigenvalue weighted by Gasteiger charge is 2.24. The van der Waals surface area contributed by atoms with Crippen molar-refractivity contribution in [3.8, 4) is 11.1 Å². The summed E-state index contributed by atoms with van der Waals surface area (Å²) in [7, 11) is 0. The van der Waals surface area contributed by atoms with E-state index in [0.717, 1.165) is 23.1 Å². The molecule has 0 fully saturated rings. The van der Waals surface area contributed by atoms with Crippen molar-refractivity contribution in [3.05, 3.63) is 59.2 Å². The number of hydrogen-bond donors (Lipinski definition) is 3. The second kappa shape index (κ2) is 7.26. The number of fused-ring (bicyclic) bond motifs is 3. The van der Waals surface area contributed by atoms with Gasteiger partial charge in [-0.15, -0.1) is 0 Å². The van der Waals surface area contributed by atoms with Gasteiger partial charge in [0.15, 0.2) is 0 Å². The van der Waals surface area contributed by atoms with Crippen LogP contribution < -0.4 is 11.1 Å². The number of nitrogens with two attached hydrogens (primary N) is 1. The van der Waals surface area contributed by atoms with E-state index in [1.54, 1.807) is 0 Å². The first-order valence-corrected chi connectivity index (χ1v) is 8.09. The average Bonchev–Trinajstić information content (AvgIpc) is 2.98. The Labute approximate surface area is 149 Å². The summed E-state index contributed by atoms with van der Waals surface area (Å²) in [6.07, 6.45) is -0.654. The van der Waals surface area contributed by atoms with Crippen LogP contribution in [0.4, 0.5) is 4.79 Å². The largest absolute Gasteiger partial charge is 0.480 e. The number of amides is 2. The van der Waals surface area contributed by atoms with Crippen LogP contribution in [0.3, 0.4) is 0 Å². The molecule has 2 aromatic carbocycles. The minimum absolute atomic E-state index is 0.00586. The highest BCUT2D eigenvalue weighted by atomic mass is 16.5. The predicted octanol–water partition coefficient (Wildman–Crippen LogP) is 1.81. The molecule has 7 heteroatoms. The lowest BCUT2D eigenvalue weighted by molar-refractivity contribution is -0.141. The van der Waals surface area contributed by atoms with Gasteiger partial charge in [-0.1, -0.05) is 42.5 Å². The number of hydrogen-bond acceptors (Lipinski definition) is 4. The molecule has 0 bridgehead atoms. The van der Waals surface area contributed by atoms with Gasteiger partial charge in [-0.25, -0.2) is 9.59 Å². The van der Waals surface area contributed by atoms with Gasteiger partial charge in [0, 0.05) is 0 Å². The molecule has 0 saturated heterocycles. The standard InChI is InChI=1S/C19H18N2O5/c20-17(22)9-16(18(23)24)21-19(25)26-10-12-5-3-7-14-13-6-2-1-4-11(13)8-15(12)14/h1-7,16H,8-10H2,(H2,20,22)(H,21,25)(H,23,24)/t16-/m0/s1. The Morgan fingerprint density at radius 2 is 1.85 bits per heavy atom. The molecule has 0 aliphatic heterocycles. The quantitative estimate of drug-likeness (QED) is 0.624. The third kappa shape index (κ3) is 3.66. The number of benzene rings is 2.